The molecule has 0 radical (unpaired) electrons. The third-order valence-corrected chi connectivity index (χ3v) is 6.58. The molecular weight excluding hydrogens is 413 g/mol. The van der Waals surface area contributed by atoms with E-state index in [0.29, 0.717) is 22.7 Å². The van der Waals surface area contributed by atoms with Crippen LogP contribution in [0, 0.1) is 0 Å². The van der Waals surface area contributed by atoms with Gasteiger partial charge in [-0.15, -0.1) is 0 Å². The molecule has 2 heterocycles. The SMILES string of the molecule is CC(=O)Nc1ccc(S(=O)(=O)N2CC(F)C(OCc3nc4ccccc4o3)C2)cc1. The van der Waals surface area contributed by atoms with Gasteiger partial charge < -0.3 is 14.5 Å². The Kier molecular flexibility index (Phi) is 5.54. The lowest BCUT2D eigenvalue weighted by Gasteiger charge is -2.16. The van der Waals surface area contributed by atoms with E-state index in [0.717, 1.165) is 4.31 Å². The minimum atomic E-state index is -3.89. The summed E-state index contributed by atoms with van der Waals surface area (Å²) in [6.45, 7) is 0.890. The van der Waals surface area contributed by atoms with Gasteiger partial charge in [-0.25, -0.2) is 17.8 Å². The predicted molar refractivity (Wildman–Crippen MR) is 107 cm³/mol. The van der Waals surface area contributed by atoms with Gasteiger partial charge in [0.05, 0.1) is 4.90 Å². The van der Waals surface area contributed by atoms with Gasteiger partial charge in [0.15, 0.2) is 5.58 Å². The molecule has 4 rings (SSSR count). The van der Waals surface area contributed by atoms with Gasteiger partial charge >= 0.3 is 0 Å². The van der Waals surface area contributed by atoms with Crippen LogP contribution >= 0.6 is 0 Å². The number of nitrogens with one attached hydrogen (secondary N) is 1. The first kappa shape index (κ1) is 20.5. The summed E-state index contributed by atoms with van der Waals surface area (Å²) in [5, 5.41) is 2.57. The van der Waals surface area contributed by atoms with Gasteiger partial charge in [0.2, 0.25) is 21.8 Å². The molecule has 2 aromatic carbocycles. The Morgan fingerprint density at radius 2 is 1.97 bits per heavy atom. The normalized spacial score (nSPS) is 19.9. The maximum atomic E-state index is 14.5. The Hall–Kier alpha value is -2.82. The van der Waals surface area contributed by atoms with Gasteiger partial charge in [-0.3, -0.25) is 4.79 Å². The molecule has 3 aromatic rings. The molecule has 0 bridgehead atoms. The van der Waals surface area contributed by atoms with Crippen LogP contribution in [0.4, 0.5) is 10.1 Å². The summed E-state index contributed by atoms with van der Waals surface area (Å²) in [5.41, 5.74) is 1.75. The smallest absolute Gasteiger partial charge is 0.243 e. The van der Waals surface area contributed by atoms with Crippen molar-refractivity contribution in [2.45, 2.75) is 30.7 Å². The number of ether oxygens (including phenoxy) is 1. The fourth-order valence-electron chi connectivity index (χ4n) is 3.28. The molecule has 2 atom stereocenters. The predicted octanol–water partition coefficient (Wildman–Crippen LogP) is 2.71. The van der Waals surface area contributed by atoms with Crippen molar-refractivity contribution in [1.29, 1.82) is 0 Å². The number of sulfonamides is 1. The maximum absolute atomic E-state index is 14.5. The topological polar surface area (TPSA) is 102 Å². The highest BCUT2D eigenvalue weighted by molar-refractivity contribution is 7.89. The summed E-state index contributed by atoms with van der Waals surface area (Å²) >= 11 is 0. The van der Waals surface area contributed by atoms with Gasteiger partial charge in [0.25, 0.3) is 0 Å². The lowest BCUT2D eigenvalue weighted by atomic mass is 10.3. The zero-order valence-electron chi connectivity index (χ0n) is 16.1. The maximum Gasteiger partial charge on any atom is 0.243 e. The fourth-order valence-corrected chi connectivity index (χ4v) is 4.74. The Morgan fingerprint density at radius 1 is 1.23 bits per heavy atom. The number of hydrogen-bond donors (Lipinski definition) is 1. The standard InChI is InChI=1S/C20H20FN3O5S/c1-13(25)22-14-6-8-15(9-7-14)30(26,27)24-10-16(21)19(11-24)28-12-20-23-17-4-2-3-5-18(17)29-20/h2-9,16,19H,10-12H2,1H3,(H,22,25). The highest BCUT2D eigenvalue weighted by Gasteiger charge is 2.40. The van der Waals surface area contributed by atoms with E-state index in [1.165, 1.54) is 31.2 Å². The van der Waals surface area contributed by atoms with Crippen LogP contribution in [-0.4, -0.2) is 49.0 Å². The number of carbonyl (C=O) groups is 1. The van der Waals surface area contributed by atoms with E-state index in [1.807, 2.05) is 12.1 Å². The largest absolute Gasteiger partial charge is 0.438 e. The van der Waals surface area contributed by atoms with E-state index >= 15 is 0 Å². The highest BCUT2D eigenvalue weighted by Crippen LogP contribution is 2.26. The van der Waals surface area contributed by atoms with Crippen molar-refractivity contribution < 1.29 is 26.8 Å². The third kappa shape index (κ3) is 4.20. The van der Waals surface area contributed by atoms with E-state index in [1.54, 1.807) is 12.1 Å². The number of fused-ring (bicyclic) bond motifs is 1. The van der Waals surface area contributed by atoms with Crippen LogP contribution in [0.25, 0.3) is 11.1 Å². The first-order valence-corrected chi connectivity index (χ1v) is 10.7. The number of halogens is 1. The van der Waals surface area contributed by atoms with Crippen molar-refractivity contribution in [3.8, 4) is 0 Å². The number of rotatable bonds is 6. The number of anilines is 1. The molecule has 1 N–H and O–H groups in total. The monoisotopic (exact) mass is 433 g/mol. The second-order valence-corrected chi connectivity index (χ2v) is 8.91. The van der Waals surface area contributed by atoms with Crippen LogP contribution in [0.1, 0.15) is 12.8 Å². The molecule has 8 nitrogen and oxygen atoms in total. The molecular formula is C20H20FN3O5S. The van der Waals surface area contributed by atoms with E-state index in [-0.39, 0.29) is 30.5 Å². The summed E-state index contributed by atoms with van der Waals surface area (Å²) in [6.07, 6.45) is -2.39. The van der Waals surface area contributed by atoms with Crippen molar-refractivity contribution in [3.05, 3.63) is 54.4 Å². The molecule has 0 spiro atoms. The molecule has 1 saturated heterocycles. The van der Waals surface area contributed by atoms with Crippen molar-refractivity contribution >= 4 is 32.7 Å². The summed E-state index contributed by atoms with van der Waals surface area (Å²) < 4.78 is 52.3. The van der Waals surface area contributed by atoms with Gasteiger partial charge in [-0.2, -0.15) is 4.31 Å². The number of para-hydroxylation sites is 2. The molecule has 1 aromatic heterocycles. The van der Waals surface area contributed by atoms with Crippen molar-refractivity contribution in [2.75, 3.05) is 18.4 Å². The molecule has 30 heavy (non-hydrogen) atoms. The summed E-state index contributed by atoms with van der Waals surface area (Å²) in [5.74, 6) is 0.0441. The molecule has 1 amide bonds. The Morgan fingerprint density at radius 3 is 2.67 bits per heavy atom. The second-order valence-electron chi connectivity index (χ2n) is 6.97. The van der Waals surface area contributed by atoms with E-state index < -0.39 is 22.3 Å². The summed E-state index contributed by atoms with van der Waals surface area (Å²) in [6, 6.07) is 12.9. The molecule has 10 heteroatoms. The van der Waals surface area contributed by atoms with Crippen LogP contribution in [-0.2, 0) is 26.2 Å². The minimum absolute atomic E-state index is 0.0170. The first-order valence-electron chi connectivity index (χ1n) is 9.31. The van der Waals surface area contributed by atoms with Crippen molar-refractivity contribution in [1.82, 2.24) is 9.29 Å². The van der Waals surface area contributed by atoms with Crippen molar-refractivity contribution in [3.63, 3.8) is 0 Å². The van der Waals surface area contributed by atoms with Gasteiger partial charge in [0.1, 0.15) is 24.4 Å². The van der Waals surface area contributed by atoms with E-state index in [9.17, 15) is 17.6 Å². The molecule has 0 saturated carbocycles. The number of alkyl halides is 1. The van der Waals surface area contributed by atoms with Crippen molar-refractivity contribution in [2.24, 2.45) is 0 Å². The molecule has 0 aliphatic carbocycles. The lowest BCUT2D eigenvalue weighted by Crippen LogP contribution is -2.30. The van der Waals surface area contributed by atoms with Crippen LogP contribution in [0.15, 0.2) is 57.8 Å². The van der Waals surface area contributed by atoms with Gasteiger partial charge in [-0.05, 0) is 36.4 Å². The quantitative estimate of drug-likeness (QED) is 0.641. The van der Waals surface area contributed by atoms with Gasteiger partial charge in [0, 0.05) is 25.7 Å². The minimum Gasteiger partial charge on any atom is -0.438 e. The number of aromatic nitrogens is 1. The van der Waals surface area contributed by atoms with Crippen LogP contribution in [0.3, 0.4) is 0 Å². The van der Waals surface area contributed by atoms with E-state index in [2.05, 4.69) is 10.3 Å². The Balaban J connectivity index is 1.41. The first-order chi connectivity index (χ1) is 14.3. The number of carbonyl (C=O) groups excluding carboxylic acids is 1. The fraction of sp³-hybridized carbons (Fsp3) is 0.300. The average Bonchev–Trinajstić information content (AvgIpc) is 3.29. The van der Waals surface area contributed by atoms with Crippen LogP contribution < -0.4 is 5.32 Å². The molecule has 158 valence electrons. The van der Waals surface area contributed by atoms with Gasteiger partial charge in [-0.1, -0.05) is 12.1 Å². The average molecular weight is 433 g/mol. The third-order valence-electron chi connectivity index (χ3n) is 4.74. The Bertz CT molecular complexity index is 1130. The zero-order chi connectivity index (χ0) is 21.3. The number of hydrogen-bond acceptors (Lipinski definition) is 6. The number of benzene rings is 2. The zero-order valence-corrected chi connectivity index (χ0v) is 16.9. The van der Waals surface area contributed by atoms with Crippen LogP contribution in [0.2, 0.25) is 0 Å². The molecule has 1 aliphatic heterocycles. The van der Waals surface area contributed by atoms with Crippen LogP contribution in [0.5, 0.6) is 0 Å². The molecule has 1 aliphatic rings. The summed E-state index contributed by atoms with van der Waals surface area (Å²) in [7, 11) is -3.89. The number of oxazole rings is 1. The number of nitrogens with zero attached hydrogens (tertiary/aromatic N) is 2. The highest BCUT2D eigenvalue weighted by atomic mass is 32.2. The molecule has 2 unspecified atom stereocenters. The second kappa shape index (κ2) is 8.13. The summed E-state index contributed by atoms with van der Waals surface area (Å²) in [4.78, 5) is 15.4. The Labute approximate surface area is 172 Å². The number of amides is 1. The van der Waals surface area contributed by atoms with E-state index in [4.69, 9.17) is 9.15 Å². The molecule has 1 fully saturated rings. The lowest BCUT2D eigenvalue weighted by molar-refractivity contribution is -0.114.